The molecule has 0 bridgehead atoms. The van der Waals surface area contributed by atoms with Crippen molar-refractivity contribution in [1.82, 2.24) is 15.0 Å². The number of rotatable bonds is 5. The van der Waals surface area contributed by atoms with Gasteiger partial charge in [-0.2, -0.15) is 0 Å². The van der Waals surface area contributed by atoms with E-state index in [1.807, 2.05) is 19.2 Å². The Bertz CT molecular complexity index is 899. The lowest BCUT2D eigenvalue weighted by Gasteiger charge is -2.34. The number of carbonyl (C=O) groups is 1. The topological polar surface area (TPSA) is 114 Å². The summed E-state index contributed by atoms with van der Waals surface area (Å²) in [5, 5.41) is 13.8. The minimum absolute atomic E-state index is 0.231. The number of nitrogens with zero attached hydrogens (tertiary/aromatic N) is 3. The van der Waals surface area contributed by atoms with Gasteiger partial charge in [0, 0.05) is 24.1 Å². The molecule has 7 heteroatoms. The van der Waals surface area contributed by atoms with E-state index in [1.54, 1.807) is 0 Å². The molecule has 2 aliphatic carbocycles. The smallest absolute Gasteiger partial charge is 0.252 e. The highest BCUT2D eigenvalue weighted by Gasteiger charge is 2.31. The molecule has 0 aromatic carbocycles. The molecule has 1 saturated carbocycles. The van der Waals surface area contributed by atoms with Crippen LogP contribution >= 0.6 is 0 Å². The van der Waals surface area contributed by atoms with Crippen molar-refractivity contribution in [2.45, 2.75) is 69.9 Å². The lowest BCUT2D eigenvalue weighted by atomic mass is 9.77. The zero-order valence-electron chi connectivity index (χ0n) is 16.9. The van der Waals surface area contributed by atoms with Crippen molar-refractivity contribution >= 4 is 11.9 Å². The average Bonchev–Trinajstić information content (AvgIpc) is 2.67. The number of hydrogen-bond acceptors (Lipinski definition) is 6. The van der Waals surface area contributed by atoms with Gasteiger partial charge in [-0.05, 0) is 69.4 Å². The fraction of sp³-hybridized carbons (Fsp3) is 0.545. The van der Waals surface area contributed by atoms with Crippen molar-refractivity contribution in [2.75, 3.05) is 5.32 Å². The predicted molar refractivity (Wildman–Crippen MR) is 111 cm³/mol. The van der Waals surface area contributed by atoms with E-state index in [1.165, 1.54) is 17.5 Å². The summed E-state index contributed by atoms with van der Waals surface area (Å²) in [5.41, 5.74) is 8.40. The summed E-state index contributed by atoms with van der Waals surface area (Å²) in [5.74, 6) is 0.309. The maximum absolute atomic E-state index is 11.9. The molecule has 29 heavy (non-hydrogen) atoms. The van der Waals surface area contributed by atoms with E-state index in [9.17, 15) is 9.90 Å². The van der Waals surface area contributed by atoms with Crippen LogP contribution in [0.5, 0.6) is 0 Å². The molecule has 0 spiro atoms. The standard InChI is InChI=1S/C22H29N5O2/c1-22(29)8-2-4-14(12-22)10-19-17(20(23)28)13-25-21(27-19)26-16-6-7-18-15(11-16)5-3-9-24-18/h3,5,9,13-14,16,29H,2,4,6-8,10-12H2,1H3,(H2,23,28)(H,25,26,27)/t14?,16?,22-/m0/s1. The maximum Gasteiger partial charge on any atom is 0.252 e. The molecular formula is C22H29N5O2. The molecule has 0 saturated heterocycles. The van der Waals surface area contributed by atoms with E-state index < -0.39 is 11.5 Å². The van der Waals surface area contributed by atoms with Crippen molar-refractivity contribution in [3.8, 4) is 0 Å². The highest BCUT2D eigenvalue weighted by molar-refractivity contribution is 5.93. The van der Waals surface area contributed by atoms with Gasteiger partial charge in [-0.3, -0.25) is 9.78 Å². The Hall–Kier alpha value is -2.54. The number of aromatic nitrogens is 3. The highest BCUT2D eigenvalue weighted by atomic mass is 16.3. The summed E-state index contributed by atoms with van der Waals surface area (Å²) < 4.78 is 0. The van der Waals surface area contributed by atoms with Crippen molar-refractivity contribution in [2.24, 2.45) is 11.7 Å². The van der Waals surface area contributed by atoms with Crippen LogP contribution in [-0.2, 0) is 19.3 Å². The molecule has 4 N–H and O–H groups in total. The molecule has 1 fully saturated rings. The molecule has 7 nitrogen and oxygen atoms in total. The SMILES string of the molecule is C[C@]1(O)CCCC(Cc2nc(NC3CCc4ncccc4C3)ncc2C(N)=O)C1. The number of primary amides is 1. The largest absolute Gasteiger partial charge is 0.390 e. The Kier molecular flexibility index (Phi) is 5.50. The number of aryl methyl sites for hydroxylation is 1. The van der Waals surface area contributed by atoms with Crippen molar-refractivity contribution < 1.29 is 9.90 Å². The van der Waals surface area contributed by atoms with Gasteiger partial charge in [0.05, 0.1) is 16.9 Å². The molecule has 0 aliphatic heterocycles. The van der Waals surface area contributed by atoms with Crippen LogP contribution in [0.2, 0.25) is 0 Å². The number of fused-ring (bicyclic) bond motifs is 1. The minimum atomic E-state index is -0.645. The van der Waals surface area contributed by atoms with Gasteiger partial charge in [-0.15, -0.1) is 0 Å². The fourth-order valence-corrected chi connectivity index (χ4v) is 4.76. The van der Waals surface area contributed by atoms with Crippen LogP contribution in [0.25, 0.3) is 0 Å². The highest BCUT2D eigenvalue weighted by Crippen LogP contribution is 2.34. The number of nitrogens with one attached hydrogen (secondary N) is 1. The Morgan fingerprint density at radius 3 is 3.03 bits per heavy atom. The first-order valence-corrected chi connectivity index (χ1v) is 10.5. The number of carbonyl (C=O) groups excluding carboxylic acids is 1. The van der Waals surface area contributed by atoms with Gasteiger partial charge >= 0.3 is 0 Å². The Labute approximate surface area is 171 Å². The van der Waals surface area contributed by atoms with Gasteiger partial charge in [-0.25, -0.2) is 9.97 Å². The molecule has 0 radical (unpaired) electrons. The summed E-state index contributed by atoms with van der Waals surface area (Å²) in [7, 11) is 0. The van der Waals surface area contributed by atoms with Crippen molar-refractivity contribution in [3.63, 3.8) is 0 Å². The summed E-state index contributed by atoms with van der Waals surface area (Å²) in [4.78, 5) is 25.4. The van der Waals surface area contributed by atoms with Crippen LogP contribution in [0.1, 0.15) is 66.3 Å². The van der Waals surface area contributed by atoms with E-state index in [4.69, 9.17) is 5.73 Å². The van der Waals surface area contributed by atoms with E-state index in [0.717, 1.165) is 38.5 Å². The molecule has 2 aromatic heterocycles. The number of pyridine rings is 1. The molecule has 1 amide bonds. The van der Waals surface area contributed by atoms with Crippen LogP contribution in [0.3, 0.4) is 0 Å². The third-order valence-electron chi connectivity index (χ3n) is 6.18. The van der Waals surface area contributed by atoms with Crippen LogP contribution in [0.15, 0.2) is 24.5 Å². The van der Waals surface area contributed by atoms with Gasteiger partial charge in [-0.1, -0.05) is 12.5 Å². The number of nitrogens with two attached hydrogens (primary N) is 1. The molecular weight excluding hydrogens is 366 g/mol. The summed E-state index contributed by atoms with van der Waals surface area (Å²) in [6.45, 7) is 1.89. The van der Waals surface area contributed by atoms with Crippen LogP contribution in [-0.4, -0.2) is 37.6 Å². The Morgan fingerprint density at radius 1 is 1.38 bits per heavy atom. The molecule has 2 aliphatic rings. The monoisotopic (exact) mass is 395 g/mol. The lowest BCUT2D eigenvalue weighted by molar-refractivity contribution is 0.00107. The first-order chi connectivity index (χ1) is 13.9. The first kappa shape index (κ1) is 19.8. The zero-order chi connectivity index (χ0) is 20.4. The predicted octanol–water partition coefficient (Wildman–Crippen LogP) is 2.42. The Morgan fingerprint density at radius 2 is 2.24 bits per heavy atom. The normalized spacial score (nSPS) is 26.6. The van der Waals surface area contributed by atoms with E-state index in [2.05, 4.69) is 26.3 Å². The number of hydrogen-bond donors (Lipinski definition) is 3. The number of anilines is 1. The maximum atomic E-state index is 11.9. The van der Waals surface area contributed by atoms with Crippen LogP contribution < -0.4 is 11.1 Å². The van der Waals surface area contributed by atoms with Crippen molar-refractivity contribution in [3.05, 3.63) is 47.0 Å². The quantitative estimate of drug-likeness (QED) is 0.716. The second-order valence-electron chi connectivity index (χ2n) is 8.77. The van der Waals surface area contributed by atoms with Gasteiger partial charge in [0.1, 0.15) is 0 Å². The van der Waals surface area contributed by atoms with E-state index >= 15 is 0 Å². The van der Waals surface area contributed by atoms with Crippen molar-refractivity contribution in [1.29, 1.82) is 0 Å². The molecule has 3 atom stereocenters. The van der Waals surface area contributed by atoms with E-state index in [-0.39, 0.29) is 12.0 Å². The molecule has 2 heterocycles. The molecule has 154 valence electrons. The first-order valence-electron chi connectivity index (χ1n) is 10.5. The Balaban J connectivity index is 1.50. The molecule has 2 unspecified atom stereocenters. The minimum Gasteiger partial charge on any atom is -0.390 e. The third-order valence-corrected chi connectivity index (χ3v) is 6.18. The summed E-state index contributed by atoms with van der Waals surface area (Å²) >= 11 is 0. The second-order valence-corrected chi connectivity index (χ2v) is 8.77. The fourth-order valence-electron chi connectivity index (χ4n) is 4.76. The number of amides is 1. The van der Waals surface area contributed by atoms with Crippen LogP contribution in [0, 0.1) is 5.92 Å². The van der Waals surface area contributed by atoms with E-state index in [0.29, 0.717) is 30.0 Å². The molecule has 4 rings (SSSR count). The number of aliphatic hydroxyl groups is 1. The van der Waals surface area contributed by atoms with Gasteiger partial charge in [0.15, 0.2) is 0 Å². The summed E-state index contributed by atoms with van der Waals surface area (Å²) in [6, 6.07) is 4.32. The molecule has 2 aromatic rings. The van der Waals surface area contributed by atoms with Gasteiger partial charge in [0.25, 0.3) is 5.91 Å². The second kappa shape index (κ2) is 8.06. The average molecular weight is 396 g/mol. The summed E-state index contributed by atoms with van der Waals surface area (Å²) in [6.07, 6.45) is 10.3. The lowest BCUT2D eigenvalue weighted by Crippen LogP contribution is -2.33. The zero-order valence-corrected chi connectivity index (χ0v) is 16.9. The van der Waals surface area contributed by atoms with Crippen LogP contribution in [0.4, 0.5) is 5.95 Å². The van der Waals surface area contributed by atoms with Gasteiger partial charge < -0.3 is 16.2 Å². The third kappa shape index (κ3) is 4.72. The van der Waals surface area contributed by atoms with Gasteiger partial charge in [0.2, 0.25) is 5.95 Å².